The lowest BCUT2D eigenvalue weighted by Crippen LogP contribution is -2.30. The highest BCUT2D eigenvalue weighted by molar-refractivity contribution is 5.72. The first-order chi connectivity index (χ1) is 8.49. The molecule has 1 atom stereocenters. The fourth-order valence-corrected chi connectivity index (χ4v) is 1.69. The summed E-state index contributed by atoms with van der Waals surface area (Å²) < 4.78 is 4.68. The van der Waals surface area contributed by atoms with Crippen LogP contribution in [0.5, 0.6) is 0 Å². The van der Waals surface area contributed by atoms with Crippen LogP contribution in [0.1, 0.15) is 18.2 Å². The minimum atomic E-state index is -0.270. The Morgan fingerprint density at radius 3 is 2.83 bits per heavy atom. The van der Waals surface area contributed by atoms with E-state index in [9.17, 15) is 4.79 Å². The number of hydrogen-bond donors (Lipinski definition) is 0. The average molecular weight is 247 g/mol. The van der Waals surface area contributed by atoms with Crippen molar-refractivity contribution in [3.63, 3.8) is 0 Å². The van der Waals surface area contributed by atoms with Gasteiger partial charge >= 0.3 is 5.97 Å². The fourth-order valence-electron chi connectivity index (χ4n) is 1.69. The van der Waals surface area contributed by atoms with Crippen LogP contribution in [0.2, 0.25) is 0 Å². The topological polar surface area (TPSA) is 66.2 Å². The maximum absolute atomic E-state index is 11.4. The van der Waals surface area contributed by atoms with Crippen LogP contribution in [-0.2, 0) is 9.53 Å². The Bertz CT molecular complexity index is 480. The summed E-state index contributed by atoms with van der Waals surface area (Å²) in [6.45, 7) is 4.10. The molecule has 0 aromatic carbocycles. The van der Waals surface area contributed by atoms with Gasteiger partial charge in [0, 0.05) is 19.3 Å². The molecular formula is C13H17N3O2. The van der Waals surface area contributed by atoms with Crippen molar-refractivity contribution in [2.75, 3.05) is 25.6 Å². The fraction of sp³-hybridized carbons (Fsp3) is 0.462. The van der Waals surface area contributed by atoms with Crippen LogP contribution in [0.25, 0.3) is 0 Å². The Balaban J connectivity index is 2.90. The number of carbonyl (C=O) groups is 1. The van der Waals surface area contributed by atoms with E-state index < -0.39 is 0 Å². The summed E-state index contributed by atoms with van der Waals surface area (Å²) in [6.07, 6.45) is 0. The molecule has 0 aliphatic rings. The van der Waals surface area contributed by atoms with Gasteiger partial charge in [0.2, 0.25) is 0 Å². The van der Waals surface area contributed by atoms with Crippen molar-refractivity contribution in [2.24, 2.45) is 5.92 Å². The minimum absolute atomic E-state index is 0.270. The predicted molar refractivity (Wildman–Crippen MR) is 68.1 cm³/mol. The first-order valence-electron chi connectivity index (χ1n) is 5.66. The van der Waals surface area contributed by atoms with Crippen LogP contribution in [-0.4, -0.2) is 31.7 Å². The van der Waals surface area contributed by atoms with Crippen molar-refractivity contribution in [2.45, 2.75) is 13.8 Å². The van der Waals surface area contributed by atoms with E-state index in [4.69, 9.17) is 5.26 Å². The summed E-state index contributed by atoms with van der Waals surface area (Å²) >= 11 is 0. The number of hydrogen-bond acceptors (Lipinski definition) is 5. The van der Waals surface area contributed by atoms with Crippen molar-refractivity contribution in [1.29, 1.82) is 5.26 Å². The van der Waals surface area contributed by atoms with Crippen LogP contribution < -0.4 is 4.90 Å². The summed E-state index contributed by atoms with van der Waals surface area (Å²) in [4.78, 5) is 17.5. The molecule has 0 aliphatic heterocycles. The van der Waals surface area contributed by atoms with Gasteiger partial charge in [-0.1, -0.05) is 6.92 Å². The van der Waals surface area contributed by atoms with E-state index in [1.54, 1.807) is 24.0 Å². The van der Waals surface area contributed by atoms with Gasteiger partial charge in [-0.15, -0.1) is 0 Å². The van der Waals surface area contributed by atoms with Crippen LogP contribution in [0.3, 0.4) is 0 Å². The third-order valence-electron chi connectivity index (χ3n) is 2.65. The Morgan fingerprint density at radius 2 is 2.28 bits per heavy atom. The standard InChI is InChI=1S/C13H17N3O2/c1-9(13(17)18-4)8-16(3)12-11(7-14)6-5-10(2)15-12/h5-6,9H,8H2,1-4H3. The second-order valence-electron chi connectivity index (χ2n) is 4.24. The first kappa shape index (κ1) is 14.0. The van der Waals surface area contributed by atoms with Crippen molar-refractivity contribution in [3.8, 4) is 6.07 Å². The number of rotatable bonds is 4. The lowest BCUT2D eigenvalue weighted by Gasteiger charge is -2.22. The van der Waals surface area contributed by atoms with Crippen molar-refractivity contribution < 1.29 is 9.53 Å². The molecule has 5 nitrogen and oxygen atoms in total. The molecule has 1 aromatic rings. The van der Waals surface area contributed by atoms with E-state index in [1.807, 2.05) is 14.0 Å². The molecule has 18 heavy (non-hydrogen) atoms. The van der Waals surface area contributed by atoms with Gasteiger partial charge < -0.3 is 9.64 Å². The number of nitriles is 1. The summed E-state index contributed by atoms with van der Waals surface area (Å²) in [5.41, 5.74) is 1.33. The molecule has 96 valence electrons. The summed E-state index contributed by atoms with van der Waals surface area (Å²) in [5.74, 6) is 0.0510. The van der Waals surface area contributed by atoms with E-state index in [-0.39, 0.29) is 11.9 Å². The van der Waals surface area contributed by atoms with E-state index in [2.05, 4.69) is 15.8 Å². The third-order valence-corrected chi connectivity index (χ3v) is 2.65. The van der Waals surface area contributed by atoms with Gasteiger partial charge in [-0.2, -0.15) is 5.26 Å². The SMILES string of the molecule is COC(=O)C(C)CN(C)c1nc(C)ccc1C#N. The molecule has 1 rings (SSSR count). The van der Waals surface area contributed by atoms with Crippen molar-refractivity contribution >= 4 is 11.8 Å². The highest BCUT2D eigenvalue weighted by Gasteiger charge is 2.18. The predicted octanol–water partition coefficient (Wildman–Crippen LogP) is 1.51. The molecule has 0 radical (unpaired) electrons. The highest BCUT2D eigenvalue weighted by Crippen LogP contribution is 2.17. The number of methoxy groups -OCH3 is 1. The normalized spacial score (nSPS) is 11.5. The smallest absolute Gasteiger partial charge is 0.310 e. The number of carbonyl (C=O) groups excluding carboxylic acids is 1. The van der Waals surface area contributed by atoms with Crippen LogP contribution in [0.15, 0.2) is 12.1 Å². The molecule has 0 N–H and O–H groups in total. The number of pyridine rings is 1. The molecule has 1 aromatic heterocycles. The van der Waals surface area contributed by atoms with Gasteiger partial charge in [-0.3, -0.25) is 4.79 Å². The molecule has 0 fully saturated rings. The zero-order valence-corrected chi connectivity index (χ0v) is 11.1. The lowest BCUT2D eigenvalue weighted by molar-refractivity contribution is -0.144. The number of anilines is 1. The van der Waals surface area contributed by atoms with Crippen LogP contribution >= 0.6 is 0 Å². The molecule has 1 unspecified atom stereocenters. The number of aromatic nitrogens is 1. The molecule has 0 bridgehead atoms. The monoisotopic (exact) mass is 247 g/mol. The second kappa shape index (κ2) is 6.01. The zero-order chi connectivity index (χ0) is 13.7. The average Bonchev–Trinajstić information content (AvgIpc) is 2.37. The van der Waals surface area contributed by atoms with E-state index >= 15 is 0 Å². The third kappa shape index (κ3) is 3.20. The number of aryl methyl sites for hydroxylation is 1. The Morgan fingerprint density at radius 1 is 1.61 bits per heavy atom. The summed E-state index contributed by atoms with van der Waals surface area (Å²) in [5, 5.41) is 9.04. The minimum Gasteiger partial charge on any atom is -0.469 e. The maximum Gasteiger partial charge on any atom is 0.310 e. The highest BCUT2D eigenvalue weighted by atomic mass is 16.5. The molecule has 0 amide bonds. The van der Waals surface area contributed by atoms with Crippen molar-refractivity contribution in [3.05, 3.63) is 23.4 Å². The van der Waals surface area contributed by atoms with Gasteiger partial charge in [-0.25, -0.2) is 4.98 Å². The Labute approximate surface area is 107 Å². The summed E-state index contributed by atoms with van der Waals surface area (Å²) in [6, 6.07) is 5.62. The zero-order valence-electron chi connectivity index (χ0n) is 11.1. The Kier molecular flexibility index (Phi) is 4.67. The first-order valence-corrected chi connectivity index (χ1v) is 5.66. The van der Waals surface area contributed by atoms with E-state index in [0.29, 0.717) is 17.9 Å². The van der Waals surface area contributed by atoms with Gasteiger partial charge in [0.25, 0.3) is 0 Å². The van der Waals surface area contributed by atoms with Gasteiger partial charge in [-0.05, 0) is 19.1 Å². The molecule has 5 heteroatoms. The second-order valence-corrected chi connectivity index (χ2v) is 4.24. The van der Waals surface area contributed by atoms with Gasteiger partial charge in [0.15, 0.2) is 0 Å². The molecular weight excluding hydrogens is 230 g/mol. The molecule has 0 aliphatic carbocycles. The molecule has 1 heterocycles. The number of ether oxygens (including phenoxy) is 1. The number of nitrogens with zero attached hydrogens (tertiary/aromatic N) is 3. The number of esters is 1. The molecule has 0 saturated heterocycles. The molecule has 0 saturated carbocycles. The quantitative estimate of drug-likeness (QED) is 0.754. The maximum atomic E-state index is 11.4. The van der Waals surface area contributed by atoms with Gasteiger partial charge in [0.05, 0.1) is 18.6 Å². The van der Waals surface area contributed by atoms with Crippen LogP contribution in [0.4, 0.5) is 5.82 Å². The Hall–Kier alpha value is -2.09. The van der Waals surface area contributed by atoms with Crippen LogP contribution in [0, 0.1) is 24.2 Å². The van der Waals surface area contributed by atoms with Gasteiger partial charge in [0.1, 0.15) is 11.9 Å². The van der Waals surface area contributed by atoms with E-state index in [0.717, 1.165) is 5.69 Å². The van der Waals surface area contributed by atoms with E-state index in [1.165, 1.54) is 7.11 Å². The largest absolute Gasteiger partial charge is 0.469 e. The van der Waals surface area contributed by atoms with Crippen molar-refractivity contribution in [1.82, 2.24) is 4.98 Å². The molecule has 0 spiro atoms. The lowest BCUT2D eigenvalue weighted by atomic mass is 10.1. The summed E-state index contributed by atoms with van der Waals surface area (Å²) in [7, 11) is 3.17.